The second kappa shape index (κ2) is 6.34. The van der Waals surface area contributed by atoms with E-state index in [0.717, 1.165) is 33.7 Å². The molecule has 0 atom stereocenters. The number of pyridine rings is 1. The average molecular weight is 332 g/mol. The van der Waals surface area contributed by atoms with Gasteiger partial charge in [0.25, 0.3) is 0 Å². The Labute approximate surface area is 145 Å². The van der Waals surface area contributed by atoms with Gasteiger partial charge in [0.15, 0.2) is 0 Å². The fourth-order valence-electron chi connectivity index (χ4n) is 2.61. The molecule has 0 aliphatic heterocycles. The fourth-order valence-corrected chi connectivity index (χ4v) is 2.74. The first-order valence-corrected chi connectivity index (χ1v) is 8.06. The number of nitrogens with zero attached hydrogens (tertiary/aromatic N) is 1. The first-order valence-electron chi connectivity index (χ1n) is 7.68. The van der Waals surface area contributed by atoms with Crippen molar-refractivity contribution in [3.8, 4) is 22.8 Å². The van der Waals surface area contributed by atoms with Crippen LogP contribution in [0.15, 0.2) is 84.9 Å². The lowest BCUT2D eigenvalue weighted by molar-refractivity contribution is 0.488. The summed E-state index contributed by atoms with van der Waals surface area (Å²) < 4.78 is 6.11. The van der Waals surface area contributed by atoms with Gasteiger partial charge in [0.05, 0.1) is 11.2 Å². The summed E-state index contributed by atoms with van der Waals surface area (Å²) in [6, 6.07) is 27.4. The summed E-state index contributed by atoms with van der Waals surface area (Å²) in [5.41, 5.74) is 2.76. The highest BCUT2D eigenvalue weighted by molar-refractivity contribution is 6.30. The lowest BCUT2D eigenvalue weighted by atomic mass is 10.1. The number of hydrogen-bond donors (Lipinski definition) is 0. The van der Waals surface area contributed by atoms with Crippen LogP contribution in [0.3, 0.4) is 0 Å². The molecule has 0 bridgehead atoms. The van der Waals surface area contributed by atoms with E-state index in [1.807, 2.05) is 84.9 Å². The highest BCUT2D eigenvalue weighted by Gasteiger charge is 2.09. The Morgan fingerprint density at radius 3 is 2.25 bits per heavy atom. The van der Waals surface area contributed by atoms with Gasteiger partial charge in [0, 0.05) is 22.0 Å². The molecule has 0 spiro atoms. The van der Waals surface area contributed by atoms with Crippen molar-refractivity contribution in [2.24, 2.45) is 0 Å². The molecule has 0 amide bonds. The number of aromatic nitrogens is 1. The summed E-state index contributed by atoms with van der Waals surface area (Å²) in [6.45, 7) is 0. The van der Waals surface area contributed by atoms with Gasteiger partial charge in [-0.2, -0.15) is 0 Å². The number of rotatable bonds is 3. The number of para-hydroxylation sites is 2. The molecule has 1 aromatic heterocycles. The quantitative estimate of drug-likeness (QED) is 0.436. The van der Waals surface area contributed by atoms with Crippen molar-refractivity contribution in [1.82, 2.24) is 4.98 Å². The largest absolute Gasteiger partial charge is 0.457 e. The molecule has 3 heteroatoms. The lowest BCUT2D eigenvalue weighted by Crippen LogP contribution is -1.91. The van der Waals surface area contributed by atoms with Crippen LogP contribution >= 0.6 is 11.6 Å². The number of ether oxygens (including phenoxy) is 1. The minimum atomic E-state index is 0.709. The maximum atomic E-state index is 6.11. The minimum absolute atomic E-state index is 0.709. The minimum Gasteiger partial charge on any atom is -0.457 e. The van der Waals surface area contributed by atoms with Crippen molar-refractivity contribution in [2.75, 3.05) is 0 Å². The maximum Gasteiger partial charge on any atom is 0.138 e. The standard InChI is InChI=1S/C21H14ClNO/c22-16-12-10-15(11-13-16)20-14-21(24-17-6-2-1-3-7-17)18-8-4-5-9-19(18)23-20/h1-14H. The van der Waals surface area contributed by atoms with Crippen LogP contribution in [0.25, 0.3) is 22.2 Å². The summed E-state index contributed by atoms with van der Waals surface area (Å²) in [4.78, 5) is 4.75. The molecule has 0 unspecified atom stereocenters. The molecule has 3 aromatic carbocycles. The predicted octanol–water partition coefficient (Wildman–Crippen LogP) is 6.35. The number of fused-ring (bicyclic) bond motifs is 1. The third kappa shape index (κ3) is 2.97. The van der Waals surface area contributed by atoms with Crippen LogP contribution in [0.1, 0.15) is 0 Å². The molecule has 0 fully saturated rings. The van der Waals surface area contributed by atoms with Crippen LogP contribution in [0.2, 0.25) is 5.02 Å². The van der Waals surface area contributed by atoms with Gasteiger partial charge in [-0.25, -0.2) is 4.98 Å². The summed E-state index contributed by atoms with van der Waals surface area (Å²) in [5, 5.41) is 1.69. The monoisotopic (exact) mass is 331 g/mol. The molecule has 0 aliphatic carbocycles. The van der Waals surface area contributed by atoms with Gasteiger partial charge in [-0.3, -0.25) is 0 Å². The van der Waals surface area contributed by atoms with Crippen molar-refractivity contribution < 1.29 is 4.74 Å². The second-order valence-corrected chi connectivity index (χ2v) is 5.88. The van der Waals surface area contributed by atoms with E-state index >= 15 is 0 Å². The van der Waals surface area contributed by atoms with Crippen LogP contribution in [0, 0.1) is 0 Å². The Morgan fingerprint density at radius 2 is 1.46 bits per heavy atom. The molecular formula is C21H14ClNO. The van der Waals surface area contributed by atoms with Gasteiger partial charge < -0.3 is 4.74 Å². The van der Waals surface area contributed by atoms with Crippen LogP contribution in [0.5, 0.6) is 11.5 Å². The summed E-state index contributed by atoms with van der Waals surface area (Å²) in [7, 11) is 0. The molecule has 0 aliphatic rings. The highest BCUT2D eigenvalue weighted by atomic mass is 35.5. The van der Waals surface area contributed by atoms with E-state index in [2.05, 4.69) is 0 Å². The summed E-state index contributed by atoms with van der Waals surface area (Å²) in [5.74, 6) is 1.59. The van der Waals surface area contributed by atoms with E-state index < -0.39 is 0 Å². The average Bonchev–Trinajstić information content (AvgIpc) is 2.63. The molecular weight excluding hydrogens is 318 g/mol. The van der Waals surface area contributed by atoms with E-state index in [4.69, 9.17) is 21.3 Å². The van der Waals surface area contributed by atoms with Crippen molar-refractivity contribution in [3.63, 3.8) is 0 Å². The zero-order valence-electron chi connectivity index (χ0n) is 12.8. The van der Waals surface area contributed by atoms with Crippen LogP contribution < -0.4 is 4.74 Å². The molecule has 4 rings (SSSR count). The third-order valence-corrected chi connectivity index (χ3v) is 4.04. The molecule has 1 heterocycles. The topological polar surface area (TPSA) is 22.1 Å². The highest BCUT2D eigenvalue weighted by Crippen LogP contribution is 2.33. The number of hydrogen-bond acceptors (Lipinski definition) is 2. The molecule has 0 saturated heterocycles. The van der Waals surface area contributed by atoms with E-state index in [1.165, 1.54) is 0 Å². The van der Waals surface area contributed by atoms with E-state index in [9.17, 15) is 0 Å². The predicted molar refractivity (Wildman–Crippen MR) is 98.7 cm³/mol. The second-order valence-electron chi connectivity index (χ2n) is 5.44. The van der Waals surface area contributed by atoms with Gasteiger partial charge in [0.1, 0.15) is 11.5 Å². The summed E-state index contributed by atoms with van der Waals surface area (Å²) in [6.07, 6.45) is 0. The van der Waals surface area contributed by atoms with Crippen molar-refractivity contribution >= 4 is 22.5 Å². The SMILES string of the molecule is Clc1ccc(-c2cc(Oc3ccccc3)c3ccccc3n2)cc1. The number of benzene rings is 3. The molecule has 116 valence electrons. The Morgan fingerprint density at radius 1 is 0.750 bits per heavy atom. The molecule has 4 aromatic rings. The van der Waals surface area contributed by atoms with E-state index in [-0.39, 0.29) is 0 Å². The molecule has 0 saturated carbocycles. The summed E-state index contributed by atoms with van der Waals surface area (Å²) >= 11 is 5.99. The maximum absolute atomic E-state index is 6.11. The van der Waals surface area contributed by atoms with Crippen molar-refractivity contribution in [2.45, 2.75) is 0 Å². The van der Waals surface area contributed by atoms with Gasteiger partial charge in [0.2, 0.25) is 0 Å². The Bertz CT molecular complexity index is 982. The van der Waals surface area contributed by atoms with Gasteiger partial charge in [-0.05, 0) is 36.4 Å². The van der Waals surface area contributed by atoms with Crippen LogP contribution in [-0.4, -0.2) is 4.98 Å². The molecule has 24 heavy (non-hydrogen) atoms. The van der Waals surface area contributed by atoms with Crippen LogP contribution in [0.4, 0.5) is 0 Å². The van der Waals surface area contributed by atoms with Crippen LogP contribution in [-0.2, 0) is 0 Å². The zero-order chi connectivity index (χ0) is 16.4. The fraction of sp³-hybridized carbons (Fsp3) is 0. The first kappa shape index (κ1) is 14.7. The smallest absolute Gasteiger partial charge is 0.138 e. The van der Waals surface area contributed by atoms with Gasteiger partial charge >= 0.3 is 0 Å². The van der Waals surface area contributed by atoms with Crippen molar-refractivity contribution in [3.05, 3.63) is 90.0 Å². The molecule has 2 nitrogen and oxygen atoms in total. The number of halogens is 1. The van der Waals surface area contributed by atoms with Gasteiger partial charge in [-0.15, -0.1) is 0 Å². The Kier molecular flexibility index (Phi) is 3.89. The lowest BCUT2D eigenvalue weighted by Gasteiger charge is -2.11. The van der Waals surface area contributed by atoms with E-state index in [0.29, 0.717) is 5.02 Å². The zero-order valence-corrected chi connectivity index (χ0v) is 13.6. The third-order valence-electron chi connectivity index (χ3n) is 3.79. The molecule has 0 N–H and O–H groups in total. The van der Waals surface area contributed by atoms with Gasteiger partial charge in [-0.1, -0.05) is 54.1 Å². The Hall–Kier alpha value is -2.84. The van der Waals surface area contributed by atoms with E-state index in [1.54, 1.807) is 0 Å². The first-order chi connectivity index (χ1) is 11.8. The normalized spacial score (nSPS) is 10.7. The Balaban J connectivity index is 1.86. The molecule has 0 radical (unpaired) electrons. The van der Waals surface area contributed by atoms with Crippen molar-refractivity contribution in [1.29, 1.82) is 0 Å².